The molecule has 0 spiro atoms. The predicted octanol–water partition coefficient (Wildman–Crippen LogP) is 5.34. The van der Waals surface area contributed by atoms with Gasteiger partial charge in [0.1, 0.15) is 6.29 Å². The van der Waals surface area contributed by atoms with Gasteiger partial charge in [0.2, 0.25) is 0 Å². The van der Waals surface area contributed by atoms with Gasteiger partial charge in [0.15, 0.2) is 0 Å². The van der Waals surface area contributed by atoms with E-state index in [2.05, 4.69) is 45.1 Å². The Hall–Kier alpha value is -1.45. The Morgan fingerprint density at radius 1 is 1.23 bits per heavy atom. The fraction of sp³-hybridized carbons (Fsp3) is 0.609. The van der Waals surface area contributed by atoms with Gasteiger partial charge >= 0.3 is 0 Å². The lowest BCUT2D eigenvalue weighted by atomic mass is 9.90. The highest BCUT2D eigenvalue weighted by Gasteiger charge is 2.29. The van der Waals surface area contributed by atoms with Gasteiger partial charge in [-0.25, -0.2) is 0 Å². The molecule has 3 heteroatoms. The Kier molecular flexibility index (Phi) is 9.07. The second-order valence-electron chi connectivity index (χ2n) is 7.88. The first kappa shape index (κ1) is 20.9. The minimum atomic E-state index is 0.0456. The molecule has 4 atom stereocenters. The first-order valence-corrected chi connectivity index (χ1v) is 9.99. The Balaban J connectivity index is 1.93. The smallest absolute Gasteiger partial charge is 0.122 e. The Bertz CT molecular complexity index is 538. The molecule has 0 N–H and O–H groups in total. The van der Waals surface area contributed by atoms with Gasteiger partial charge in [-0.1, -0.05) is 63.3 Å². The molecule has 1 fully saturated rings. The zero-order valence-electron chi connectivity index (χ0n) is 16.5. The number of aldehydes is 1. The van der Waals surface area contributed by atoms with Crippen molar-refractivity contribution in [2.45, 2.75) is 77.8 Å². The average Bonchev–Trinajstić information content (AvgIpc) is 2.63. The van der Waals surface area contributed by atoms with Gasteiger partial charge in [-0.05, 0) is 36.7 Å². The van der Waals surface area contributed by atoms with Gasteiger partial charge in [-0.3, -0.25) is 0 Å². The van der Waals surface area contributed by atoms with Crippen LogP contribution in [0.2, 0.25) is 0 Å². The Morgan fingerprint density at radius 3 is 2.69 bits per heavy atom. The van der Waals surface area contributed by atoms with Crippen LogP contribution < -0.4 is 0 Å². The average molecular weight is 359 g/mol. The van der Waals surface area contributed by atoms with Gasteiger partial charge in [-0.2, -0.15) is 0 Å². The minimum absolute atomic E-state index is 0.0456. The zero-order chi connectivity index (χ0) is 18.8. The molecule has 3 nitrogen and oxygen atoms in total. The maximum Gasteiger partial charge on any atom is 0.122 e. The van der Waals surface area contributed by atoms with Crippen LogP contribution in [-0.2, 0) is 20.9 Å². The van der Waals surface area contributed by atoms with E-state index in [0.29, 0.717) is 24.9 Å². The summed E-state index contributed by atoms with van der Waals surface area (Å²) in [5.41, 5.74) is 1.19. The Morgan fingerprint density at radius 2 is 2.00 bits per heavy atom. The molecule has 0 unspecified atom stereocenters. The number of hydrogen-bond acceptors (Lipinski definition) is 3. The van der Waals surface area contributed by atoms with Gasteiger partial charge in [-0.15, -0.1) is 0 Å². The summed E-state index contributed by atoms with van der Waals surface area (Å²) in [4.78, 5) is 10.9. The summed E-state index contributed by atoms with van der Waals surface area (Å²) in [6, 6.07) is 10.3. The number of allylic oxidation sites excluding steroid dienone is 1. The topological polar surface area (TPSA) is 35.5 Å². The van der Waals surface area contributed by atoms with E-state index in [4.69, 9.17) is 9.47 Å². The lowest BCUT2D eigenvalue weighted by molar-refractivity contribution is -0.121. The normalized spacial score (nSPS) is 24.8. The van der Waals surface area contributed by atoms with Crippen LogP contribution in [0.15, 0.2) is 42.5 Å². The SMILES string of the molecule is CC(C)C/C=C/[C@@H](C[C@@H]1CC[C@H](C)[C@@H](CC=O)O1)OCc1ccccc1. The molecule has 0 bridgehead atoms. The van der Waals surface area contributed by atoms with Crippen molar-refractivity contribution in [1.82, 2.24) is 0 Å². The Labute approximate surface area is 158 Å². The molecule has 0 aromatic heterocycles. The molecular weight excluding hydrogens is 324 g/mol. The number of rotatable bonds is 10. The van der Waals surface area contributed by atoms with Gasteiger partial charge in [0, 0.05) is 12.8 Å². The van der Waals surface area contributed by atoms with Crippen molar-refractivity contribution < 1.29 is 14.3 Å². The second-order valence-corrected chi connectivity index (χ2v) is 7.88. The molecule has 1 aromatic rings. The van der Waals surface area contributed by atoms with Gasteiger partial charge in [0.25, 0.3) is 0 Å². The number of hydrogen-bond donors (Lipinski definition) is 0. The van der Waals surface area contributed by atoms with Crippen molar-refractivity contribution in [3.05, 3.63) is 48.0 Å². The summed E-state index contributed by atoms with van der Waals surface area (Å²) in [7, 11) is 0. The fourth-order valence-electron chi connectivity index (χ4n) is 3.38. The summed E-state index contributed by atoms with van der Waals surface area (Å²) in [5, 5.41) is 0. The minimum Gasteiger partial charge on any atom is -0.374 e. The second kappa shape index (κ2) is 11.3. The standard InChI is InChI=1S/C23H34O3/c1-18(2)8-7-11-21(25-17-20-9-5-4-6-10-20)16-22-13-12-19(3)23(26-22)14-15-24/h4-7,9-11,15,18-19,21-23H,8,12-14,16-17H2,1-3H3/b11-7+/t19-,21-,22-,23+/m0/s1. The third-order valence-electron chi connectivity index (χ3n) is 5.03. The summed E-state index contributed by atoms with van der Waals surface area (Å²) >= 11 is 0. The van der Waals surface area contributed by atoms with Crippen LogP contribution in [0.1, 0.15) is 58.4 Å². The van der Waals surface area contributed by atoms with E-state index >= 15 is 0 Å². The quantitative estimate of drug-likeness (QED) is 0.418. The summed E-state index contributed by atoms with van der Waals surface area (Å²) in [6.07, 6.45) is 10.2. The summed E-state index contributed by atoms with van der Waals surface area (Å²) < 4.78 is 12.4. The van der Waals surface area contributed by atoms with E-state index < -0.39 is 0 Å². The molecular formula is C23H34O3. The number of ether oxygens (including phenoxy) is 2. The van der Waals surface area contributed by atoms with Crippen LogP contribution in [0, 0.1) is 11.8 Å². The van der Waals surface area contributed by atoms with Gasteiger partial charge in [0.05, 0.1) is 24.9 Å². The molecule has 1 saturated heterocycles. The number of carbonyl (C=O) groups excluding carboxylic acids is 1. The molecule has 0 radical (unpaired) electrons. The first-order chi connectivity index (χ1) is 12.6. The van der Waals surface area contributed by atoms with Crippen LogP contribution in [0.5, 0.6) is 0 Å². The highest BCUT2D eigenvalue weighted by atomic mass is 16.5. The lowest BCUT2D eigenvalue weighted by Gasteiger charge is -2.35. The highest BCUT2D eigenvalue weighted by Crippen LogP contribution is 2.29. The maximum atomic E-state index is 10.9. The monoisotopic (exact) mass is 358 g/mol. The van der Waals surface area contributed by atoms with Crippen LogP contribution in [0.25, 0.3) is 0 Å². The predicted molar refractivity (Wildman–Crippen MR) is 106 cm³/mol. The van der Waals surface area contributed by atoms with Crippen molar-refractivity contribution in [3.63, 3.8) is 0 Å². The van der Waals surface area contributed by atoms with E-state index in [9.17, 15) is 4.79 Å². The molecule has 26 heavy (non-hydrogen) atoms. The molecule has 144 valence electrons. The lowest BCUT2D eigenvalue weighted by Crippen LogP contribution is -2.36. The van der Waals surface area contributed by atoms with Crippen LogP contribution >= 0.6 is 0 Å². The molecule has 1 aliphatic heterocycles. The third-order valence-corrected chi connectivity index (χ3v) is 5.03. The molecule has 0 saturated carbocycles. The fourth-order valence-corrected chi connectivity index (χ4v) is 3.38. The zero-order valence-corrected chi connectivity index (χ0v) is 16.5. The molecule has 1 heterocycles. The van der Waals surface area contributed by atoms with Crippen molar-refractivity contribution in [2.24, 2.45) is 11.8 Å². The van der Waals surface area contributed by atoms with Crippen molar-refractivity contribution >= 4 is 6.29 Å². The van der Waals surface area contributed by atoms with Crippen LogP contribution in [0.4, 0.5) is 0 Å². The van der Waals surface area contributed by atoms with Crippen molar-refractivity contribution in [3.8, 4) is 0 Å². The van der Waals surface area contributed by atoms with E-state index in [0.717, 1.165) is 32.0 Å². The number of carbonyl (C=O) groups is 1. The molecule has 1 aliphatic rings. The first-order valence-electron chi connectivity index (χ1n) is 9.99. The summed E-state index contributed by atoms with van der Waals surface area (Å²) in [6.45, 7) is 7.23. The van der Waals surface area contributed by atoms with Crippen LogP contribution in [-0.4, -0.2) is 24.6 Å². The van der Waals surface area contributed by atoms with E-state index in [1.54, 1.807) is 0 Å². The third kappa shape index (κ3) is 7.43. The van der Waals surface area contributed by atoms with E-state index in [1.165, 1.54) is 5.56 Å². The number of benzene rings is 1. The highest BCUT2D eigenvalue weighted by molar-refractivity contribution is 5.50. The van der Waals surface area contributed by atoms with Crippen molar-refractivity contribution in [2.75, 3.05) is 0 Å². The maximum absolute atomic E-state index is 10.9. The van der Waals surface area contributed by atoms with E-state index in [1.807, 2.05) is 18.2 Å². The van der Waals surface area contributed by atoms with E-state index in [-0.39, 0.29) is 18.3 Å². The van der Waals surface area contributed by atoms with Crippen LogP contribution in [0.3, 0.4) is 0 Å². The van der Waals surface area contributed by atoms with Crippen molar-refractivity contribution in [1.29, 1.82) is 0 Å². The molecule has 1 aromatic carbocycles. The van der Waals surface area contributed by atoms with Gasteiger partial charge < -0.3 is 14.3 Å². The molecule has 2 rings (SSSR count). The molecule has 0 aliphatic carbocycles. The molecule has 0 amide bonds. The largest absolute Gasteiger partial charge is 0.374 e. The summed E-state index contributed by atoms with van der Waals surface area (Å²) in [5.74, 6) is 1.10.